The van der Waals surface area contributed by atoms with Crippen molar-refractivity contribution in [2.45, 2.75) is 12.1 Å². The molecule has 1 fully saturated rings. The van der Waals surface area contributed by atoms with Crippen LogP contribution in [-0.4, -0.2) is 60.1 Å². The van der Waals surface area contributed by atoms with Crippen molar-refractivity contribution in [2.24, 2.45) is 5.92 Å². The highest BCUT2D eigenvalue weighted by atomic mass is 35.5. The third-order valence-electron chi connectivity index (χ3n) is 5.00. The van der Waals surface area contributed by atoms with Crippen LogP contribution in [0.25, 0.3) is 22.4 Å². The Morgan fingerprint density at radius 3 is 2.73 bits per heavy atom. The molecule has 158 valence electrons. The molecule has 1 aliphatic rings. The van der Waals surface area contributed by atoms with Crippen molar-refractivity contribution in [2.75, 3.05) is 44.1 Å². The van der Waals surface area contributed by atoms with Crippen LogP contribution in [0.1, 0.15) is 6.92 Å². The van der Waals surface area contributed by atoms with Crippen LogP contribution in [0.5, 0.6) is 0 Å². The van der Waals surface area contributed by atoms with E-state index < -0.39 is 0 Å². The van der Waals surface area contributed by atoms with E-state index in [1.165, 1.54) is 18.9 Å². The molecule has 7 nitrogen and oxygen atoms in total. The Labute approximate surface area is 184 Å². The number of aromatic amines is 1. The van der Waals surface area contributed by atoms with E-state index in [9.17, 15) is 4.79 Å². The van der Waals surface area contributed by atoms with E-state index in [0.717, 1.165) is 43.1 Å². The number of hydrogen-bond donors (Lipinski definition) is 1. The van der Waals surface area contributed by atoms with Gasteiger partial charge in [0.15, 0.2) is 10.8 Å². The molecule has 1 aliphatic heterocycles. The summed E-state index contributed by atoms with van der Waals surface area (Å²) in [5, 5.41) is 1.26. The minimum absolute atomic E-state index is 0.217. The topological polar surface area (TPSA) is 80.3 Å². The number of nitrogens with zero attached hydrogens (tertiary/aromatic N) is 3. The maximum Gasteiger partial charge on any atom is 0.309 e. The standard InChI is InChI=1S/C21H23ClN4O3S/c1-13(20(27)28-2)12-30-21-23-17-11-16(22)18(24-19(17)25-21)14-3-5-15(6-4-14)26-7-9-29-10-8-26/h3-6,11,13H,7-10,12H2,1-2H3,(H,23,24,25). The third-order valence-corrected chi connectivity index (χ3v) is 6.42. The van der Waals surface area contributed by atoms with Crippen molar-refractivity contribution in [1.29, 1.82) is 0 Å². The summed E-state index contributed by atoms with van der Waals surface area (Å²) in [6.45, 7) is 5.13. The van der Waals surface area contributed by atoms with Crippen molar-refractivity contribution >= 4 is 46.2 Å². The molecule has 0 saturated carbocycles. The molecule has 1 N–H and O–H groups in total. The van der Waals surface area contributed by atoms with E-state index >= 15 is 0 Å². The lowest BCUT2D eigenvalue weighted by atomic mass is 10.1. The van der Waals surface area contributed by atoms with Gasteiger partial charge in [0.05, 0.1) is 42.5 Å². The van der Waals surface area contributed by atoms with Crippen LogP contribution in [0.15, 0.2) is 35.5 Å². The molecule has 30 heavy (non-hydrogen) atoms. The van der Waals surface area contributed by atoms with Gasteiger partial charge in [-0.3, -0.25) is 4.79 Å². The molecule has 3 aromatic rings. The van der Waals surface area contributed by atoms with Gasteiger partial charge in [0.1, 0.15) is 0 Å². The number of halogens is 1. The summed E-state index contributed by atoms with van der Waals surface area (Å²) < 4.78 is 10.2. The lowest BCUT2D eigenvalue weighted by Gasteiger charge is -2.28. The first-order valence-electron chi connectivity index (χ1n) is 9.75. The van der Waals surface area contributed by atoms with Gasteiger partial charge in [0.25, 0.3) is 0 Å². The van der Waals surface area contributed by atoms with Gasteiger partial charge in [-0.05, 0) is 18.2 Å². The number of H-pyrrole nitrogens is 1. The average Bonchev–Trinajstić information content (AvgIpc) is 3.18. The second kappa shape index (κ2) is 9.24. The highest BCUT2D eigenvalue weighted by Gasteiger charge is 2.17. The molecular formula is C21H23ClN4O3S. The first kappa shape index (κ1) is 21.0. The monoisotopic (exact) mass is 446 g/mol. The van der Waals surface area contributed by atoms with E-state index in [1.54, 1.807) is 0 Å². The number of ether oxygens (including phenoxy) is 2. The first-order valence-corrected chi connectivity index (χ1v) is 11.1. The number of methoxy groups -OCH3 is 1. The third kappa shape index (κ3) is 4.55. The molecule has 3 heterocycles. The molecular weight excluding hydrogens is 424 g/mol. The number of anilines is 1. The molecule has 0 aliphatic carbocycles. The summed E-state index contributed by atoms with van der Waals surface area (Å²) in [4.78, 5) is 26.3. The Morgan fingerprint density at radius 2 is 2.03 bits per heavy atom. The van der Waals surface area contributed by atoms with Crippen molar-refractivity contribution in [3.63, 3.8) is 0 Å². The summed E-state index contributed by atoms with van der Waals surface area (Å²) in [6.07, 6.45) is 0. The molecule has 9 heteroatoms. The van der Waals surface area contributed by atoms with Crippen LogP contribution in [0.3, 0.4) is 0 Å². The Morgan fingerprint density at radius 1 is 1.30 bits per heavy atom. The number of esters is 1. The minimum Gasteiger partial charge on any atom is -0.469 e. The number of benzene rings is 1. The quantitative estimate of drug-likeness (QED) is 0.452. The average molecular weight is 447 g/mol. The van der Waals surface area contributed by atoms with Crippen molar-refractivity contribution in [1.82, 2.24) is 15.0 Å². The molecule has 1 unspecified atom stereocenters. The number of rotatable bonds is 6. The number of morpholine rings is 1. The Kier molecular flexibility index (Phi) is 6.46. The van der Waals surface area contributed by atoms with Crippen molar-refractivity contribution in [3.05, 3.63) is 35.4 Å². The molecule has 4 rings (SSSR count). The zero-order valence-corrected chi connectivity index (χ0v) is 18.4. The second-order valence-electron chi connectivity index (χ2n) is 7.11. The number of pyridine rings is 1. The van der Waals surface area contributed by atoms with Crippen LogP contribution >= 0.6 is 23.4 Å². The first-order chi connectivity index (χ1) is 14.5. The molecule has 0 spiro atoms. The molecule has 0 bridgehead atoms. The van der Waals surface area contributed by atoms with Gasteiger partial charge in [-0.25, -0.2) is 9.97 Å². The number of fused-ring (bicyclic) bond motifs is 1. The van der Waals surface area contributed by atoms with Crippen LogP contribution in [0.2, 0.25) is 5.02 Å². The Balaban J connectivity index is 1.53. The number of aromatic nitrogens is 3. The summed E-state index contributed by atoms with van der Waals surface area (Å²) in [5.41, 5.74) is 4.17. The largest absolute Gasteiger partial charge is 0.469 e. The Bertz CT molecular complexity index is 1030. The summed E-state index contributed by atoms with van der Waals surface area (Å²) in [6, 6.07) is 10.1. The minimum atomic E-state index is -0.234. The predicted molar refractivity (Wildman–Crippen MR) is 119 cm³/mol. The van der Waals surface area contributed by atoms with Crippen molar-refractivity contribution in [3.8, 4) is 11.3 Å². The van der Waals surface area contributed by atoms with Gasteiger partial charge in [-0.15, -0.1) is 0 Å². The van der Waals surface area contributed by atoms with E-state index in [4.69, 9.17) is 21.1 Å². The maximum absolute atomic E-state index is 11.6. The number of thioether (sulfide) groups is 1. The van der Waals surface area contributed by atoms with E-state index in [-0.39, 0.29) is 11.9 Å². The molecule has 0 radical (unpaired) electrons. The number of carbonyl (C=O) groups is 1. The smallest absolute Gasteiger partial charge is 0.309 e. The normalized spacial score (nSPS) is 15.4. The van der Waals surface area contributed by atoms with E-state index in [0.29, 0.717) is 27.3 Å². The lowest BCUT2D eigenvalue weighted by molar-refractivity contribution is -0.143. The summed E-state index contributed by atoms with van der Waals surface area (Å²) >= 11 is 7.98. The van der Waals surface area contributed by atoms with E-state index in [1.807, 2.05) is 25.1 Å². The van der Waals surface area contributed by atoms with Crippen LogP contribution in [-0.2, 0) is 14.3 Å². The van der Waals surface area contributed by atoms with Crippen molar-refractivity contribution < 1.29 is 14.3 Å². The molecule has 1 saturated heterocycles. The summed E-state index contributed by atoms with van der Waals surface area (Å²) in [7, 11) is 1.39. The Hall–Kier alpha value is -2.29. The lowest BCUT2D eigenvalue weighted by Crippen LogP contribution is -2.36. The van der Waals surface area contributed by atoms with Gasteiger partial charge in [-0.2, -0.15) is 0 Å². The molecule has 0 amide bonds. The zero-order chi connectivity index (χ0) is 21.1. The number of imidazole rings is 1. The van der Waals surface area contributed by atoms with Crippen LogP contribution in [0, 0.1) is 5.92 Å². The molecule has 1 aromatic carbocycles. The highest BCUT2D eigenvalue weighted by Crippen LogP contribution is 2.31. The van der Waals surface area contributed by atoms with E-state index in [2.05, 4.69) is 32.0 Å². The number of hydrogen-bond acceptors (Lipinski definition) is 7. The number of carbonyl (C=O) groups excluding carboxylic acids is 1. The molecule has 1 atom stereocenters. The van der Waals surface area contributed by atoms with Gasteiger partial charge >= 0.3 is 5.97 Å². The fraction of sp³-hybridized carbons (Fsp3) is 0.381. The van der Waals surface area contributed by atoms with Gasteiger partial charge in [0.2, 0.25) is 0 Å². The predicted octanol–water partition coefficient (Wildman–Crippen LogP) is 4.02. The van der Waals surface area contributed by atoms with Gasteiger partial charge in [-0.1, -0.05) is 42.4 Å². The fourth-order valence-electron chi connectivity index (χ4n) is 3.29. The van der Waals surface area contributed by atoms with Crippen LogP contribution in [0.4, 0.5) is 5.69 Å². The highest BCUT2D eigenvalue weighted by molar-refractivity contribution is 7.99. The number of nitrogens with one attached hydrogen (secondary N) is 1. The second-order valence-corrected chi connectivity index (χ2v) is 8.53. The van der Waals surface area contributed by atoms with Gasteiger partial charge < -0.3 is 19.4 Å². The van der Waals surface area contributed by atoms with Crippen LogP contribution < -0.4 is 4.90 Å². The maximum atomic E-state index is 11.6. The molecule has 2 aromatic heterocycles. The zero-order valence-electron chi connectivity index (χ0n) is 16.9. The fourth-order valence-corrected chi connectivity index (χ4v) is 4.43. The van der Waals surface area contributed by atoms with Gasteiger partial charge in [0, 0.05) is 30.1 Å². The SMILES string of the molecule is COC(=O)C(C)CSc1nc2nc(-c3ccc(N4CCOCC4)cc3)c(Cl)cc2[nH]1. The summed E-state index contributed by atoms with van der Waals surface area (Å²) in [5.74, 6) is 0.115.